The van der Waals surface area contributed by atoms with Crippen LogP contribution >= 0.6 is 15.9 Å². The summed E-state index contributed by atoms with van der Waals surface area (Å²) in [4.78, 5) is 21.9. The first-order chi connectivity index (χ1) is 8.82. The molecule has 0 radical (unpaired) electrons. The highest BCUT2D eigenvalue weighted by Crippen LogP contribution is 2.24. The Morgan fingerprint density at radius 2 is 2.00 bits per heavy atom. The molecule has 1 aromatic rings. The van der Waals surface area contributed by atoms with Crippen molar-refractivity contribution in [2.45, 2.75) is 18.2 Å². The molecule has 6 heteroatoms. The van der Waals surface area contributed by atoms with E-state index in [1.54, 1.807) is 6.92 Å². The van der Waals surface area contributed by atoms with Crippen LogP contribution in [0.5, 0.6) is 0 Å². The van der Waals surface area contributed by atoms with Gasteiger partial charge in [0.2, 0.25) is 0 Å². The van der Waals surface area contributed by atoms with Crippen LogP contribution < -0.4 is 0 Å². The minimum atomic E-state index is -2.68. The van der Waals surface area contributed by atoms with Gasteiger partial charge in [-0.25, -0.2) is 13.6 Å². The third-order valence-electron chi connectivity index (χ3n) is 2.36. The predicted octanol–water partition coefficient (Wildman–Crippen LogP) is 3.69. The van der Waals surface area contributed by atoms with Gasteiger partial charge in [-0.2, -0.15) is 0 Å². The number of carbonyl (C=O) groups is 2. The van der Waals surface area contributed by atoms with Gasteiger partial charge in [-0.15, -0.1) is 0 Å². The molecule has 0 aromatic heterocycles. The maximum absolute atomic E-state index is 12.6. The summed E-state index contributed by atoms with van der Waals surface area (Å²) in [6.07, 6.45) is -0.737. The summed E-state index contributed by atoms with van der Waals surface area (Å²) in [7, 11) is 0. The fourth-order valence-corrected chi connectivity index (χ4v) is 1.70. The van der Waals surface area contributed by atoms with Crippen LogP contribution in [-0.4, -0.2) is 21.7 Å². The van der Waals surface area contributed by atoms with Gasteiger partial charge in [-0.1, -0.05) is 28.1 Å². The first kappa shape index (κ1) is 15.5. The molecule has 102 valence electrons. The van der Waals surface area contributed by atoms with Crippen LogP contribution in [0.25, 0.3) is 6.08 Å². The molecule has 0 heterocycles. The van der Waals surface area contributed by atoms with Crippen molar-refractivity contribution in [2.24, 2.45) is 0 Å². The molecule has 1 atom stereocenters. The van der Waals surface area contributed by atoms with E-state index in [9.17, 15) is 18.4 Å². The molecule has 1 unspecified atom stereocenters. The van der Waals surface area contributed by atoms with Crippen molar-refractivity contribution in [3.63, 3.8) is 0 Å². The lowest BCUT2D eigenvalue weighted by atomic mass is 9.99. The summed E-state index contributed by atoms with van der Waals surface area (Å²) < 4.78 is 25.2. The SMILES string of the molecule is CC(Br)C(=O)c1ccc(C(F)F)cc1C=CC(=O)O. The minimum Gasteiger partial charge on any atom is -0.478 e. The summed E-state index contributed by atoms with van der Waals surface area (Å²) in [5.74, 6) is -1.52. The average Bonchev–Trinajstić information content (AvgIpc) is 2.34. The number of halogens is 3. The van der Waals surface area contributed by atoms with Crippen LogP contribution in [0.4, 0.5) is 8.78 Å². The van der Waals surface area contributed by atoms with E-state index in [-0.39, 0.29) is 22.5 Å². The third kappa shape index (κ3) is 4.24. The number of carbonyl (C=O) groups excluding carboxylic acids is 1. The quantitative estimate of drug-likeness (QED) is 0.508. The molecule has 0 spiro atoms. The fourth-order valence-electron chi connectivity index (χ4n) is 1.45. The van der Waals surface area contributed by atoms with Gasteiger partial charge >= 0.3 is 5.97 Å². The maximum atomic E-state index is 12.6. The second-order valence-electron chi connectivity index (χ2n) is 3.80. The number of hydrogen-bond acceptors (Lipinski definition) is 2. The Morgan fingerprint density at radius 3 is 2.47 bits per heavy atom. The van der Waals surface area contributed by atoms with E-state index >= 15 is 0 Å². The number of hydrogen-bond donors (Lipinski definition) is 1. The molecule has 0 saturated heterocycles. The van der Waals surface area contributed by atoms with Crippen LogP contribution in [0.15, 0.2) is 24.3 Å². The van der Waals surface area contributed by atoms with Crippen molar-refractivity contribution in [2.75, 3.05) is 0 Å². The molecule has 3 nitrogen and oxygen atoms in total. The molecule has 0 aliphatic carbocycles. The van der Waals surface area contributed by atoms with Crippen LogP contribution in [0.3, 0.4) is 0 Å². The van der Waals surface area contributed by atoms with Gasteiger partial charge in [0.15, 0.2) is 5.78 Å². The zero-order chi connectivity index (χ0) is 14.6. The van der Waals surface area contributed by atoms with Crippen LogP contribution in [0.2, 0.25) is 0 Å². The van der Waals surface area contributed by atoms with E-state index in [1.807, 2.05) is 0 Å². The fraction of sp³-hybridized carbons (Fsp3) is 0.231. The molecule has 1 rings (SSSR count). The van der Waals surface area contributed by atoms with Crippen molar-refractivity contribution in [1.82, 2.24) is 0 Å². The summed E-state index contributed by atoms with van der Waals surface area (Å²) in [6.45, 7) is 1.61. The van der Waals surface area contributed by atoms with Gasteiger partial charge in [0.05, 0.1) is 4.83 Å². The molecular formula is C13H11BrF2O3. The smallest absolute Gasteiger partial charge is 0.328 e. The Bertz CT molecular complexity index is 525. The molecule has 0 amide bonds. The molecule has 0 fully saturated rings. The molecule has 1 N–H and O–H groups in total. The zero-order valence-electron chi connectivity index (χ0n) is 9.94. The van der Waals surface area contributed by atoms with Crippen molar-refractivity contribution in [1.29, 1.82) is 0 Å². The first-order valence-electron chi connectivity index (χ1n) is 5.34. The van der Waals surface area contributed by atoms with Crippen molar-refractivity contribution in [3.05, 3.63) is 41.0 Å². The van der Waals surface area contributed by atoms with Crippen molar-refractivity contribution in [3.8, 4) is 0 Å². The molecule has 19 heavy (non-hydrogen) atoms. The molecule has 0 aliphatic heterocycles. The lowest BCUT2D eigenvalue weighted by Crippen LogP contribution is -2.12. The number of aliphatic carboxylic acids is 1. The van der Waals surface area contributed by atoms with Crippen molar-refractivity contribution >= 4 is 33.8 Å². The molecule has 0 bridgehead atoms. The zero-order valence-corrected chi connectivity index (χ0v) is 11.5. The predicted molar refractivity (Wildman–Crippen MR) is 70.8 cm³/mol. The van der Waals surface area contributed by atoms with E-state index < -0.39 is 17.2 Å². The Balaban J connectivity index is 3.30. The van der Waals surface area contributed by atoms with Gasteiger partial charge in [-0.3, -0.25) is 4.79 Å². The summed E-state index contributed by atoms with van der Waals surface area (Å²) in [5.41, 5.74) is 0.103. The van der Waals surface area contributed by atoms with Gasteiger partial charge < -0.3 is 5.11 Å². The molecule has 1 aromatic carbocycles. The summed E-state index contributed by atoms with van der Waals surface area (Å²) in [6, 6.07) is 3.56. The normalized spacial score (nSPS) is 12.9. The lowest BCUT2D eigenvalue weighted by Gasteiger charge is -2.09. The Hall–Kier alpha value is -1.56. The van der Waals surface area contributed by atoms with Crippen LogP contribution in [-0.2, 0) is 4.79 Å². The van der Waals surface area contributed by atoms with Crippen LogP contribution in [0, 0.1) is 0 Å². The minimum absolute atomic E-state index is 0.163. The number of carboxylic acids is 1. The summed E-state index contributed by atoms with van der Waals surface area (Å²) >= 11 is 3.10. The van der Waals surface area contributed by atoms with Crippen LogP contribution in [0.1, 0.15) is 34.8 Å². The molecule has 0 saturated carbocycles. The summed E-state index contributed by atoms with van der Waals surface area (Å²) in [5, 5.41) is 8.56. The van der Waals surface area contributed by atoms with E-state index in [0.717, 1.165) is 24.3 Å². The van der Waals surface area contributed by atoms with Gasteiger partial charge in [0.1, 0.15) is 0 Å². The Morgan fingerprint density at radius 1 is 1.37 bits per heavy atom. The topological polar surface area (TPSA) is 54.4 Å². The largest absolute Gasteiger partial charge is 0.478 e. The Kier molecular flexibility index (Phi) is 5.35. The second-order valence-corrected chi connectivity index (χ2v) is 5.17. The highest BCUT2D eigenvalue weighted by atomic mass is 79.9. The van der Waals surface area contributed by atoms with E-state index in [0.29, 0.717) is 0 Å². The van der Waals surface area contributed by atoms with E-state index in [1.165, 1.54) is 6.07 Å². The third-order valence-corrected chi connectivity index (χ3v) is 2.78. The first-order valence-corrected chi connectivity index (χ1v) is 6.26. The standard InChI is InChI=1S/C13H11BrF2O3/c1-7(14)12(19)10-4-2-9(13(15)16)6-8(10)3-5-11(17)18/h2-7,13H,1H3,(H,17,18). The van der Waals surface area contributed by atoms with Gasteiger partial charge in [0.25, 0.3) is 6.43 Å². The van der Waals surface area contributed by atoms with Crippen molar-refractivity contribution < 1.29 is 23.5 Å². The highest BCUT2D eigenvalue weighted by molar-refractivity contribution is 9.10. The number of alkyl halides is 3. The number of ketones is 1. The maximum Gasteiger partial charge on any atom is 0.328 e. The van der Waals surface area contributed by atoms with E-state index in [4.69, 9.17) is 5.11 Å². The number of carboxylic acid groups (broad SMARTS) is 1. The molecular weight excluding hydrogens is 322 g/mol. The highest BCUT2D eigenvalue weighted by Gasteiger charge is 2.17. The Labute approximate surface area is 117 Å². The lowest BCUT2D eigenvalue weighted by molar-refractivity contribution is -0.131. The number of Topliss-reactive ketones (excluding diaryl/α,β-unsaturated/α-hetero) is 1. The number of rotatable bonds is 5. The monoisotopic (exact) mass is 332 g/mol. The number of benzene rings is 1. The molecule has 0 aliphatic rings. The van der Waals surface area contributed by atoms with E-state index in [2.05, 4.69) is 15.9 Å². The van der Waals surface area contributed by atoms with Gasteiger partial charge in [0, 0.05) is 17.2 Å². The second kappa shape index (κ2) is 6.56. The average molecular weight is 333 g/mol. The van der Waals surface area contributed by atoms with Gasteiger partial charge in [-0.05, 0) is 24.6 Å².